The van der Waals surface area contributed by atoms with Crippen molar-refractivity contribution in [1.82, 2.24) is 15.1 Å². The van der Waals surface area contributed by atoms with Gasteiger partial charge in [-0.2, -0.15) is 5.10 Å². The fourth-order valence-electron chi connectivity index (χ4n) is 2.34. The van der Waals surface area contributed by atoms with Gasteiger partial charge in [-0.05, 0) is 48.4 Å². The highest BCUT2D eigenvalue weighted by molar-refractivity contribution is 6.31. The number of aromatic nitrogens is 2. The van der Waals surface area contributed by atoms with Crippen LogP contribution in [0.2, 0.25) is 5.02 Å². The molecular weight excluding hydrogens is 326 g/mol. The third kappa shape index (κ3) is 3.75. The summed E-state index contributed by atoms with van der Waals surface area (Å²) in [5, 5.41) is 17.1. The maximum absolute atomic E-state index is 12.1. The van der Waals surface area contributed by atoms with E-state index < -0.39 is 0 Å². The first-order valence-corrected chi connectivity index (χ1v) is 7.87. The predicted octanol–water partition coefficient (Wildman–Crippen LogP) is 3.20. The van der Waals surface area contributed by atoms with Gasteiger partial charge in [0.2, 0.25) is 0 Å². The van der Waals surface area contributed by atoms with Crippen molar-refractivity contribution < 1.29 is 9.90 Å². The van der Waals surface area contributed by atoms with E-state index >= 15 is 0 Å². The molecule has 1 aromatic heterocycles. The lowest BCUT2D eigenvalue weighted by Crippen LogP contribution is -2.25. The van der Waals surface area contributed by atoms with Gasteiger partial charge in [0.15, 0.2) is 0 Å². The number of nitrogens with zero attached hydrogens (tertiary/aromatic N) is 2. The average Bonchev–Trinajstić information content (AvgIpc) is 3.12. The third-order valence-corrected chi connectivity index (χ3v) is 3.84. The molecule has 2 aromatic carbocycles. The molecule has 1 amide bonds. The quantitative estimate of drug-likeness (QED) is 0.749. The molecule has 3 aromatic rings. The number of hydrogen-bond acceptors (Lipinski definition) is 3. The second-order valence-corrected chi connectivity index (χ2v) is 5.72. The smallest absolute Gasteiger partial charge is 0.255 e. The van der Waals surface area contributed by atoms with Crippen LogP contribution in [0.1, 0.15) is 15.9 Å². The SMILES string of the molecule is O=C(NCCc1ccc(-n2cccn2)cc1)c1cc(Cl)ccc1O. The number of benzene rings is 2. The normalized spacial score (nSPS) is 10.5. The van der Waals surface area contributed by atoms with Crippen LogP contribution in [0.4, 0.5) is 0 Å². The zero-order valence-electron chi connectivity index (χ0n) is 12.8. The first-order chi connectivity index (χ1) is 11.6. The van der Waals surface area contributed by atoms with E-state index in [1.807, 2.05) is 36.5 Å². The fourth-order valence-corrected chi connectivity index (χ4v) is 2.51. The minimum absolute atomic E-state index is 0.0829. The van der Waals surface area contributed by atoms with Crippen molar-refractivity contribution in [2.75, 3.05) is 6.54 Å². The van der Waals surface area contributed by atoms with Crippen LogP contribution in [0, 0.1) is 0 Å². The molecule has 122 valence electrons. The zero-order valence-corrected chi connectivity index (χ0v) is 13.6. The van der Waals surface area contributed by atoms with Crippen LogP contribution in [0.5, 0.6) is 5.75 Å². The number of aromatic hydroxyl groups is 1. The molecule has 0 spiro atoms. The molecule has 0 atom stereocenters. The molecule has 24 heavy (non-hydrogen) atoms. The van der Waals surface area contributed by atoms with Crippen molar-refractivity contribution in [3.8, 4) is 11.4 Å². The summed E-state index contributed by atoms with van der Waals surface area (Å²) in [6, 6.07) is 14.2. The van der Waals surface area contributed by atoms with Crippen LogP contribution in [-0.4, -0.2) is 27.3 Å². The van der Waals surface area contributed by atoms with E-state index in [4.69, 9.17) is 11.6 Å². The van der Waals surface area contributed by atoms with Gasteiger partial charge in [0.05, 0.1) is 11.3 Å². The Bertz CT molecular complexity index is 830. The Hall–Kier alpha value is -2.79. The second kappa shape index (κ2) is 7.19. The molecule has 0 aliphatic rings. The lowest BCUT2D eigenvalue weighted by Gasteiger charge is -2.08. The summed E-state index contributed by atoms with van der Waals surface area (Å²) in [5.74, 6) is -0.427. The second-order valence-electron chi connectivity index (χ2n) is 5.28. The number of phenols is 1. The van der Waals surface area contributed by atoms with Gasteiger partial charge in [0.1, 0.15) is 5.75 Å². The molecule has 0 fully saturated rings. The van der Waals surface area contributed by atoms with Gasteiger partial charge < -0.3 is 10.4 Å². The summed E-state index contributed by atoms with van der Waals surface area (Å²) in [5.41, 5.74) is 2.26. The summed E-state index contributed by atoms with van der Waals surface area (Å²) in [6.45, 7) is 0.464. The zero-order chi connectivity index (χ0) is 16.9. The van der Waals surface area contributed by atoms with Crippen LogP contribution in [0.15, 0.2) is 60.9 Å². The van der Waals surface area contributed by atoms with Crippen LogP contribution in [0.25, 0.3) is 5.69 Å². The topological polar surface area (TPSA) is 67.2 Å². The third-order valence-electron chi connectivity index (χ3n) is 3.61. The van der Waals surface area contributed by atoms with Gasteiger partial charge in [0, 0.05) is 24.0 Å². The molecule has 0 saturated carbocycles. The van der Waals surface area contributed by atoms with Gasteiger partial charge in [-0.1, -0.05) is 23.7 Å². The van der Waals surface area contributed by atoms with E-state index in [1.54, 1.807) is 10.9 Å². The number of carbonyl (C=O) groups is 1. The Morgan fingerprint density at radius 3 is 2.71 bits per heavy atom. The summed E-state index contributed by atoms with van der Waals surface area (Å²) in [6.07, 6.45) is 4.30. The van der Waals surface area contributed by atoms with E-state index in [2.05, 4.69) is 10.4 Å². The molecule has 5 nitrogen and oxygen atoms in total. The molecule has 6 heteroatoms. The van der Waals surface area contributed by atoms with Crippen LogP contribution in [-0.2, 0) is 6.42 Å². The van der Waals surface area contributed by atoms with E-state index in [1.165, 1.54) is 18.2 Å². The molecule has 0 bridgehead atoms. The standard InChI is InChI=1S/C18H16ClN3O2/c19-14-4-7-17(23)16(12-14)18(24)20-10-8-13-2-5-15(6-3-13)22-11-1-9-21-22/h1-7,9,11-12,23H,8,10H2,(H,20,24). The van der Waals surface area contributed by atoms with E-state index in [-0.39, 0.29) is 17.2 Å². The fraction of sp³-hybridized carbons (Fsp3) is 0.111. The number of amides is 1. The van der Waals surface area contributed by atoms with Crippen molar-refractivity contribution in [1.29, 1.82) is 0 Å². The van der Waals surface area contributed by atoms with Crippen LogP contribution in [0.3, 0.4) is 0 Å². The highest BCUT2D eigenvalue weighted by Crippen LogP contribution is 2.21. The molecule has 0 unspecified atom stereocenters. The van der Waals surface area contributed by atoms with Gasteiger partial charge in [-0.15, -0.1) is 0 Å². The number of hydrogen-bond donors (Lipinski definition) is 2. The lowest BCUT2D eigenvalue weighted by atomic mass is 10.1. The molecular formula is C18H16ClN3O2. The maximum Gasteiger partial charge on any atom is 0.255 e. The highest BCUT2D eigenvalue weighted by atomic mass is 35.5. The number of rotatable bonds is 5. The van der Waals surface area contributed by atoms with Gasteiger partial charge in [-0.3, -0.25) is 4.79 Å². The van der Waals surface area contributed by atoms with Crippen molar-refractivity contribution in [2.24, 2.45) is 0 Å². The van der Waals surface area contributed by atoms with Gasteiger partial charge in [0.25, 0.3) is 5.91 Å². The van der Waals surface area contributed by atoms with E-state index in [9.17, 15) is 9.90 Å². The lowest BCUT2D eigenvalue weighted by molar-refractivity contribution is 0.0951. The molecule has 1 heterocycles. The first kappa shape index (κ1) is 16.1. The Balaban J connectivity index is 1.56. The molecule has 3 rings (SSSR count). The minimum atomic E-state index is -0.344. The van der Waals surface area contributed by atoms with Crippen molar-refractivity contribution >= 4 is 17.5 Å². The molecule has 2 N–H and O–H groups in total. The molecule has 0 saturated heterocycles. The largest absolute Gasteiger partial charge is 0.507 e. The summed E-state index contributed by atoms with van der Waals surface area (Å²) < 4.78 is 1.79. The summed E-state index contributed by atoms with van der Waals surface area (Å²) in [7, 11) is 0. The Labute approximate surface area is 144 Å². The van der Waals surface area contributed by atoms with E-state index in [0.717, 1.165) is 11.3 Å². The number of halogens is 1. The molecule has 0 aliphatic carbocycles. The highest BCUT2D eigenvalue weighted by Gasteiger charge is 2.11. The average molecular weight is 342 g/mol. The van der Waals surface area contributed by atoms with E-state index in [0.29, 0.717) is 18.0 Å². The Morgan fingerprint density at radius 1 is 1.21 bits per heavy atom. The maximum atomic E-state index is 12.1. The minimum Gasteiger partial charge on any atom is -0.507 e. The number of carbonyl (C=O) groups excluding carboxylic acids is 1. The van der Waals surface area contributed by atoms with Gasteiger partial charge in [-0.25, -0.2) is 4.68 Å². The first-order valence-electron chi connectivity index (χ1n) is 7.49. The summed E-state index contributed by atoms with van der Waals surface area (Å²) >= 11 is 5.85. The monoisotopic (exact) mass is 341 g/mol. The van der Waals surface area contributed by atoms with Crippen molar-refractivity contribution in [2.45, 2.75) is 6.42 Å². The number of nitrogens with one attached hydrogen (secondary N) is 1. The van der Waals surface area contributed by atoms with Crippen LogP contribution >= 0.6 is 11.6 Å². The molecule has 0 aliphatic heterocycles. The predicted molar refractivity (Wildman–Crippen MR) is 92.7 cm³/mol. The van der Waals surface area contributed by atoms with Crippen LogP contribution < -0.4 is 5.32 Å². The summed E-state index contributed by atoms with van der Waals surface area (Å²) in [4.78, 5) is 12.1. The van der Waals surface area contributed by atoms with Crippen molar-refractivity contribution in [3.63, 3.8) is 0 Å². The molecule has 0 radical (unpaired) electrons. The number of phenolic OH excluding ortho intramolecular Hbond substituents is 1. The van der Waals surface area contributed by atoms with Gasteiger partial charge >= 0.3 is 0 Å². The Morgan fingerprint density at radius 2 is 2.00 bits per heavy atom. The van der Waals surface area contributed by atoms with Crippen molar-refractivity contribution in [3.05, 3.63) is 77.1 Å². The Kier molecular flexibility index (Phi) is 4.82.